The van der Waals surface area contributed by atoms with Gasteiger partial charge in [0.05, 0.1) is 5.56 Å². The highest BCUT2D eigenvalue weighted by Crippen LogP contribution is 2.29. The van der Waals surface area contributed by atoms with E-state index in [0.29, 0.717) is 5.56 Å². The van der Waals surface area contributed by atoms with Crippen LogP contribution >= 0.6 is 0 Å². The molecule has 0 aliphatic rings. The van der Waals surface area contributed by atoms with Gasteiger partial charge in [0.2, 0.25) is 5.91 Å². The van der Waals surface area contributed by atoms with E-state index in [4.69, 9.17) is 0 Å². The van der Waals surface area contributed by atoms with E-state index >= 15 is 0 Å². The first kappa shape index (κ1) is 18.4. The smallest absolute Gasteiger partial charge is 0.348 e. The first-order chi connectivity index (χ1) is 11.8. The van der Waals surface area contributed by atoms with Crippen LogP contribution in [0.15, 0.2) is 42.6 Å². The minimum Gasteiger partial charge on any atom is -0.348 e. The fraction of sp³-hybridized carbons (Fsp3) is 0.235. The molecule has 1 heterocycles. The number of benzene rings is 1. The van der Waals surface area contributed by atoms with Gasteiger partial charge in [-0.05, 0) is 29.8 Å². The number of amides is 2. The molecule has 0 fully saturated rings. The number of carbonyl (C=O) groups is 2. The highest BCUT2D eigenvalue weighted by molar-refractivity contribution is 5.96. The van der Waals surface area contributed by atoms with Gasteiger partial charge in [-0.1, -0.05) is 19.1 Å². The number of halogens is 3. The summed E-state index contributed by atoms with van der Waals surface area (Å²) in [6.45, 7) is 1.63. The predicted molar refractivity (Wildman–Crippen MR) is 85.8 cm³/mol. The molecular weight excluding hydrogens is 335 g/mol. The zero-order valence-electron chi connectivity index (χ0n) is 13.4. The Hall–Kier alpha value is -2.90. The van der Waals surface area contributed by atoms with Crippen LogP contribution in [-0.2, 0) is 17.5 Å². The molecular formula is C17H16F3N3O2. The highest BCUT2D eigenvalue weighted by atomic mass is 19.4. The molecule has 0 spiro atoms. The number of nitrogens with one attached hydrogen (secondary N) is 2. The molecule has 1 aromatic heterocycles. The summed E-state index contributed by atoms with van der Waals surface area (Å²) in [5, 5.41) is 5.07. The molecule has 132 valence electrons. The van der Waals surface area contributed by atoms with Gasteiger partial charge in [0, 0.05) is 24.7 Å². The summed E-state index contributed by atoms with van der Waals surface area (Å²) >= 11 is 0. The average molecular weight is 351 g/mol. The fourth-order valence-corrected chi connectivity index (χ4v) is 2.01. The molecule has 1 aromatic carbocycles. The summed E-state index contributed by atoms with van der Waals surface area (Å²) in [6.07, 6.45) is -2.80. The zero-order chi connectivity index (χ0) is 18.4. The predicted octanol–water partition coefficient (Wildman–Crippen LogP) is 3.38. The lowest BCUT2D eigenvalue weighted by Crippen LogP contribution is -2.23. The van der Waals surface area contributed by atoms with Crippen LogP contribution < -0.4 is 10.6 Å². The molecule has 0 atom stereocenters. The van der Waals surface area contributed by atoms with Gasteiger partial charge >= 0.3 is 6.18 Å². The largest absolute Gasteiger partial charge is 0.416 e. The standard InChI is InChI=1S/C17H16F3N3O2/c1-2-15(24)23-14-9-12(6-7-21-14)16(25)22-10-11-4-3-5-13(8-11)17(18,19)20/h3-9H,2,10H2,1H3,(H,22,25)(H,21,23,24). The number of alkyl halides is 3. The van der Waals surface area contributed by atoms with Crippen LogP contribution in [0.3, 0.4) is 0 Å². The van der Waals surface area contributed by atoms with Gasteiger partial charge in [-0.2, -0.15) is 13.2 Å². The molecule has 0 aliphatic carbocycles. The van der Waals surface area contributed by atoms with Crippen molar-refractivity contribution in [3.63, 3.8) is 0 Å². The number of aromatic nitrogens is 1. The van der Waals surface area contributed by atoms with Crippen LogP contribution in [0, 0.1) is 0 Å². The quantitative estimate of drug-likeness (QED) is 0.868. The van der Waals surface area contributed by atoms with Crippen molar-refractivity contribution in [2.45, 2.75) is 26.1 Å². The Kier molecular flexibility index (Phi) is 5.74. The van der Waals surface area contributed by atoms with Crippen LogP contribution in [-0.4, -0.2) is 16.8 Å². The Morgan fingerprint density at radius 1 is 1.16 bits per heavy atom. The summed E-state index contributed by atoms with van der Waals surface area (Å²) in [5.41, 5.74) is -0.196. The Bertz CT molecular complexity index is 776. The molecule has 0 saturated carbocycles. The second-order valence-corrected chi connectivity index (χ2v) is 5.21. The molecule has 0 saturated heterocycles. The molecule has 0 unspecified atom stereocenters. The molecule has 0 radical (unpaired) electrons. The van der Waals surface area contributed by atoms with E-state index in [1.54, 1.807) is 6.92 Å². The molecule has 2 N–H and O–H groups in total. The second-order valence-electron chi connectivity index (χ2n) is 5.21. The van der Waals surface area contributed by atoms with Crippen molar-refractivity contribution in [3.05, 3.63) is 59.3 Å². The Labute approximate surface area is 142 Å². The molecule has 0 aliphatic heterocycles. The van der Waals surface area contributed by atoms with Crippen molar-refractivity contribution in [1.82, 2.24) is 10.3 Å². The minimum absolute atomic E-state index is 0.0538. The van der Waals surface area contributed by atoms with Gasteiger partial charge in [-0.15, -0.1) is 0 Å². The second kappa shape index (κ2) is 7.78. The average Bonchev–Trinajstić information content (AvgIpc) is 2.59. The summed E-state index contributed by atoms with van der Waals surface area (Å²) in [5.74, 6) is -0.487. The van der Waals surface area contributed by atoms with E-state index < -0.39 is 17.6 Å². The van der Waals surface area contributed by atoms with Gasteiger partial charge in [0.1, 0.15) is 5.82 Å². The van der Waals surface area contributed by atoms with E-state index in [-0.39, 0.29) is 30.3 Å². The third kappa shape index (κ3) is 5.30. The van der Waals surface area contributed by atoms with Crippen LogP contribution in [0.25, 0.3) is 0 Å². The molecule has 5 nitrogen and oxygen atoms in total. The maximum atomic E-state index is 12.7. The van der Waals surface area contributed by atoms with Crippen molar-refractivity contribution < 1.29 is 22.8 Å². The van der Waals surface area contributed by atoms with Crippen LogP contribution in [0.1, 0.15) is 34.8 Å². The van der Waals surface area contributed by atoms with Gasteiger partial charge < -0.3 is 10.6 Å². The van der Waals surface area contributed by atoms with Crippen molar-refractivity contribution in [1.29, 1.82) is 0 Å². The molecule has 2 amide bonds. The topological polar surface area (TPSA) is 71.1 Å². The van der Waals surface area contributed by atoms with Crippen molar-refractivity contribution in [2.24, 2.45) is 0 Å². The fourth-order valence-electron chi connectivity index (χ4n) is 2.01. The molecule has 2 rings (SSSR count). The van der Waals surface area contributed by atoms with Crippen molar-refractivity contribution in [2.75, 3.05) is 5.32 Å². The van der Waals surface area contributed by atoms with E-state index in [0.717, 1.165) is 12.1 Å². The maximum absolute atomic E-state index is 12.7. The van der Waals surface area contributed by atoms with Gasteiger partial charge in [-0.3, -0.25) is 9.59 Å². The van der Waals surface area contributed by atoms with Crippen LogP contribution in [0.2, 0.25) is 0 Å². The first-order valence-electron chi connectivity index (χ1n) is 7.50. The lowest BCUT2D eigenvalue weighted by molar-refractivity contribution is -0.137. The van der Waals surface area contributed by atoms with E-state index in [1.807, 2.05) is 0 Å². The Balaban J connectivity index is 2.03. The molecule has 8 heteroatoms. The summed E-state index contributed by atoms with van der Waals surface area (Å²) in [4.78, 5) is 27.4. The van der Waals surface area contributed by atoms with E-state index in [9.17, 15) is 22.8 Å². The number of nitrogens with zero attached hydrogens (tertiary/aromatic N) is 1. The number of hydrogen-bond acceptors (Lipinski definition) is 3. The Morgan fingerprint density at radius 2 is 1.92 bits per heavy atom. The summed E-state index contributed by atoms with van der Waals surface area (Å²) < 4.78 is 38.0. The van der Waals surface area contributed by atoms with Crippen LogP contribution in [0.4, 0.5) is 19.0 Å². The zero-order valence-corrected chi connectivity index (χ0v) is 13.4. The number of carbonyl (C=O) groups excluding carboxylic acids is 2. The normalized spacial score (nSPS) is 11.0. The lowest BCUT2D eigenvalue weighted by Gasteiger charge is -2.10. The van der Waals surface area contributed by atoms with Crippen molar-refractivity contribution in [3.8, 4) is 0 Å². The summed E-state index contributed by atoms with van der Waals surface area (Å²) in [7, 11) is 0. The molecule has 25 heavy (non-hydrogen) atoms. The maximum Gasteiger partial charge on any atom is 0.416 e. The third-order valence-corrected chi connectivity index (χ3v) is 3.32. The van der Waals surface area contributed by atoms with Crippen LogP contribution in [0.5, 0.6) is 0 Å². The van der Waals surface area contributed by atoms with Gasteiger partial charge in [0.25, 0.3) is 5.91 Å². The number of rotatable bonds is 5. The summed E-state index contributed by atoms with van der Waals surface area (Å²) in [6, 6.07) is 7.58. The van der Waals surface area contributed by atoms with Gasteiger partial charge in [0.15, 0.2) is 0 Å². The number of anilines is 1. The molecule has 0 bridgehead atoms. The van der Waals surface area contributed by atoms with Crippen molar-refractivity contribution >= 4 is 17.6 Å². The highest BCUT2D eigenvalue weighted by Gasteiger charge is 2.30. The first-order valence-corrected chi connectivity index (χ1v) is 7.50. The SMILES string of the molecule is CCC(=O)Nc1cc(C(=O)NCc2cccc(C(F)(F)F)c2)ccn1. The number of hydrogen-bond donors (Lipinski definition) is 2. The third-order valence-electron chi connectivity index (χ3n) is 3.32. The monoisotopic (exact) mass is 351 g/mol. The van der Waals surface area contributed by atoms with E-state index in [2.05, 4.69) is 15.6 Å². The minimum atomic E-state index is -4.43. The van der Waals surface area contributed by atoms with Gasteiger partial charge in [-0.25, -0.2) is 4.98 Å². The lowest BCUT2D eigenvalue weighted by atomic mass is 10.1. The van der Waals surface area contributed by atoms with E-state index in [1.165, 1.54) is 30.5 Å². The number of pyridine rings is 1. The molecule has 2 aromatic rings. The Morgan fingerprint density at radius 3 is 2.60 bits per heavy atom.